The minimum atomic E-state index is -0.453. The molecule has 0 radical (unpaired) electrons. The molecule has 27 heavy (non-hydrogen) atoms. The molecule has 4 aromatic rings. The van der Waals surface area contributed by atoms with Crippen LogP contribution in [0.15, 0.2) is 48.7 Å². The highest BCUT2D eigenvalue weighted by molar-refractivity contribution is 6.50. The highest BCUT2D eigenvalue weighted by Crippen LogP contribution is 2.37. The van der Waals surface area contributed by atoms with Crippen molar-refractivity contribution in [1.29, 1.82) is 0 Å². The molecule has 0 aliphatic carbocycles. The van der Waals surface area contributed by atoms with Gasteiger partial charge in [-0.05, 0) is 24.3 Å². The highest BCUT2D eigenvalue weighted by atomic mass is 35.5. The Morgan fingerprint density at radius 2 is 1.78 bits per heavy atom. The summed E-state index contributed by atoms with van der Waals surface area (Å²) in [5.41, 5.74) is 3.41. The molecule has 1 aliphatic rings. The van der Waals surface area contributed by atoms with Gasteiger partial charge in [0.1, 0.15) is 5.69 Å². The number of benzene rings is 2. The van der Waals surface area contributed by atoms with Crippen molar-refractivity contribution in [3.8, 4) is 0 Å². The monoisotopic (exact) mass is 376 g/mol. The molecule has 0 bridgehead atoms. The number of H-pyrrole nitrogens is 1. The molecule has 3 heterocycles. The summed E-state index contributed by atoms with van der Waals surface area (Å²) in [4.78, 5) is 25.3. The van der Waals surface area contributed by atoms with Gasteiger partial charge in [0, 0.05) is 40.1 Å². The van der Waals surface area contributed by atoms with Crippen molar-refractivity contribution in [2.75, 3.05) is 0 Å². The fourth-order valence-electron chi connectivity index (χ4n) is 3.66. The van der Waals surface area contributed by atoms with E-state index in [1.165, 1.54) is 0 Å². The van der Waals surface area contributed by atoms with Crippen molar-refractivity contribution in [3.63, 3.8) is 0 Å². The van der Waals surface area contributed by atoms with E-state index in [4.69, 9.17) is 11.6 Å². The lowest BCUT2D eigenvalue weighted by Gasteiger charge is -2.02. The van der Waals surface area contributed by atoms with Crippen molar-refractivity contribution in [2.45, 2.75) is 0 Å². The number of carbonyl (C=O) groups is 2. The molecule has 0 spiro atoms. The summed E-state index contributed by atoms with van der Waals surface area (Å²) < 4.78 is 1.91. The molecule has 132 valence electrons. The van der Waals surface area contributed by atoms with Crippen molar-refractivity contribution in [3.05, 3.63) is 64.9 Å². The summed E-state index contributed by atoms with van der Waals surface area (Å²) in [5.74, 6) is -0.888. The van der Waals surface area contributed by atoms with E-state index in [-0.39, 0.29) is 5.57 Å². The zero-order valence-corrected chi connectivity index (χ0v) is 15.0. The Balaban J connectivity index is 1.87. The zero-order valence-electron chi connectivity index (χ0n) is 14.2. The van der Waals surface area contributed by atoms with Crippen molar-refractivity contribution in [1.82, 2.24) is 20.1 Å². The minimum Gasteiger partial charge on any atom is -0.350 e. The summed E-state index contributed by atoms with van der Waals surface area (Å²) in [6.45, 7) is 0. The smallest absolute Gasteiger partial charge is 0.261 e. The summed E-state index contributed by atoms with van der Waals surface area (Å²) in [6, 6.07) is 13.0. The normalized spacial score (nSPS) is 14.6. The third-order valence-corrected chi connectivity index (χ3v) is 5.09. The molecule has 0 atom stereocenters. The average Bonchev–Trinajstić information content (AvgIpc) is 3.28. The van der Waals surface area contributed by atoms with E-state index in [9.17, 15) is 9.59 Å². The van der Waals surface area contributed by atoms with Gasteiger partial charge in [-0.15, -0.1) is 0 Å². The number of nitrogens with zero attached hydrogens (tertiary/aromatic N) is 2. The Labute approximate surface area is 158 Å². The molecule has 0 fully saturated rings. The van der Waals surface area contributed by atoms with E-state index in [1.54, 1.807) is 12.1 Å². The van der Waals surface area contributed by atoms with Gasteiger partial charge >= 0.3 is 0 Å². The molecule has 7 heteroatoms. The number of aromatic amines is 1. The first kappa shape index (κ1) is 15.8. The number of fused-ring (bicyclic) bond motifs is 2. The van der Waals surface area contributed by atoms with Crippen molar-refractivity contribution < 1.29 is 9.59 Å². The van der Waals surface area contributed by atoms with Gasteiger partial charge in [-0.25, -0.2) is 0 Å². The molecular weight excluding hydrogens is 364 g/mol. The van der Waals surface area contributed by atoms with Gasteiger partial charge in [0.25, 0.3) is 11.8 Å². The first-order valence-electron chi connectivity index (χ1n) is 8.33. The maximum Gasteiger partial charge on any atom is 0.261 e. The first-order chi connectivity index (χ1) is 13.0. The van der Waals surface area contributed by atoms with Gasteiger partial charge in [-0.2, -0.15) is 5.10 Å². The molecule has 2 aromatic heterocycles. The van der Waals surface area contributed by atoms with Crippen LogP contribution in [0.5, 0.6) is 0 Å². The van der Waals surface area contributed by atoms with E-state index in [1.807, 2.05) is 48.1 Å². The lowest BCUT2D eigenvalue weighted by atomic mass is 9.97. The minimum absolute atomic E-state index is 0.268. The fraction of sp³-hybridized carbons (Fsp3) is 0.0500. The third kappa shape index (κ3) is 2.23. The Kier molecular flexibility index (Phi) is 3.26. The second-order valence-electron chi connectivity index (χ2n) is 6.47. The van der Waals surface area contributed by atoms with Gasteiger partial charge in [-0.3, -0.25) is 20.0 Å². The molecule has 0 unspecified atom stereocenters. The maximum absolute atomic E-state index is 12.7. The van der Waals surface area contributed by atoms with Crippen LogP contribution in [-0.2, 0) is 16.6 Å². The number of aryl methyl sites for hydroxylation is 1. The Morgan fingerprint density at radius 1 is 1.00 bits per heavy atom. The average molecular weight is 377 g/mol. The molecule has 2 aromatic carbocycles. The topological polar surface area (TPSA) is 79.8 Å². The number of nitrogens with one attached hydrogen (secondary N) is 2. The van der Waals surface area contributed by atoms with Crippen LogP contribution in [0.1, 0.15) is 11.3 Å². The number of para-hydroxylation sites is 1. The van der Waals surface area contributed by atoms with Crippen LogP contribution in [-0.4, -0.2) is 26.6 Å². The molecule has 2 amide bonds. The summed E-state index contributed by atoms with van der Waals surface area (Å²) in [6.07, 6.45) is 1.84. The second-order valence-corrected chi connectivity index (χ2v) is 6.90. The van der Waals surface area contributed by atoms with E-state index in [0.717, 1.165) is 21.8 Å². The third-order valence-electron chi connectivity index (χ3n) is 4.86. The maximum atomic E-state index is 12.7. The number of aromatic nitrogens is 3. The largest absolute Gasteiger partial charge is 0.350 e. The summed E-state index contributed by atoms with van der Waals surface area (Å²) in [5, 5.41) is 11.8. The quantitative estimate of drug-likeness (QED) is 0.527. The van der Waals surface area contributed by atoms with Gasteiger partial charge in [0.05, 0.1) is 16.7 Å². The summed E-state index contributed by atoms with van der Waals surface area (Å²) in [7, 11) is 1.89. The molecule has 0 saturated carbocycles. The lowest BCUT2D eigenvalue weighted by molar-refractivity contribution is -0.122. The van der Waals surface area contributed by atoms with Crippen LogP contribution < -0.4 is 5.32 Å². The number of hydrogen-bond donors (Lipinski definition) is 2. The van der Waals surface area contributed by atoms with Crippen LogP contribution in [0.25, 0.3) is 33.0 Å². The van der Waals surface area contributed by atoms with Gasteiger partial charge in [0.2, 0.25) is 0 Å². The number of imide groups is 1. The highest BCUT2D eigenvalue weighted by Gasteiger charge is 2.35. The van der Waals surface area contributed by atoms with Crippen molar-refractivity contribution in [2.24, 2.45) is 7.05 Å². The molecule has 6 nitrogen and oxygen atoms in total. The molecule has 0 saturated heterocycles. The number of carbonyl (C=O) groups excluding carboxylic acids is 2. The van der Waals surface area contributed by atoms with Gasteiger partial charge in [-0.1, -0.05) is 29.8 Å². The predicted molar refractivity (Wildman–Crippen MR) is 104 cm³/mol. The lowest BCUT2D eigenvalue weighted by Crippen LogP contribution is -2.22. The van der Waals surface area contributed by atoms with Crippen molar-refractivity contribution >= 4 is 56.4 Å². The Bertz CT molecular complexity index is 1310. The molecule has 1 aliphatic heterocycles. The fourth-order valence-corrected chi connectivity index (χ4v) is 3.83. The SMILES string of the molecule is Cn1cc(C2=C(c3n[nH]c4ccccc34)C(=O)NC2=O)c2cc(Cl)ccc21. The van der Waals surface area contributed by atoms with Gasteiger partial charge in [0.15, 0.2) is 0 Å². The molecule has 5 rings (SSSR count). The molecule has 2 N–H and O–H groups in total. The Hall–Kier alpha value is -3.38. The predicted octanol–water partition coefficient (Wildman–Crippen LogP) is 3.28. The number of rotatable bonds is 2. The zero-order chi connectivity index (χ0) is 18.7. The number of amides is 2. The summed E-state index contributed by atoms with van der Waals surface area (Å²) >= 11 is 6.18. The first-order valence-corrected chi connectivity index (χ1v) is 8.71. The van der Waals surface area contributed by atoms with Crippen LogP contribution in [0, 0.1) is 0 Å². The Morgan fingerprint density at radius 3 is 2.63 bits per heavy atom. The van der Waals surface area contributed by atoms with Crippen LogP contribution >= 0.6 is 11.6 Å². The van der Waals surface area contributed by atoms with E-state index >= 15 is 0 Å². The van der Waals surface area contributed by atoms with Crippen LogP contribution in [0.4, 0.5) is 0 Å². The van der Waals surface area contributed by atoms with E-state index in [0.29, 0.717) is 21.9 Å². The van der Waals surface area contributed by atoms with Gasteiger partial charge < -0.3 is 4.57 Å². The number of hydrogen-bond acceptors (Lipinski definition) is 3. The van der Waals surface area contributed by atoms with E-state index in [2.05, 4.69) is 15.5 Å². The van der Waals surface area contributed by atoms with E-state index < -0.39 is 11.8 Å². The standard InChI is InChI=1S/C20H13ClN4O2/c1-25-9-13(12-8-10(21)6-7-15(12)25)16-17(20(27)22-19(16)26)18-11-4-2-3-5-14(11)23-24-18/h2-9H,1H3,(H,23,24)(H,22,26,27). The van der Waals surface area contributed by atoms with Crippen LogP contribution in [0.2, 0.25) is 5.02 Å². The second kappa shape index (κ2) is 5.56. The number of halogens is 1. The molecular formula is C20H13ClN4O2. The van der Waals surface area contributed by atoms with Crippen LogP contribution in [0.3, 0.4) is 0 Å².